The molecule has 2 saturated heterocycles. The summed E-state index contributed by atoms with van der Waals surface area (Å²) in [6.45, 7) is 4.77. The molecule has 2 heterocycles. The summed E-state index contributed by atoms with van der Waals surface area (Å²) in [6, 6.07) is 6.84. The van der Waals surface area contributed by atoms with Gasteiger partial charge in [-0.15, -0.1) is 0 Å². The second kappa shape index (κ2) is 6.23. The Morgan fingerprint density at radius 3 is 2.85 bits per heavy atom. The van der Waals surface area contributed by atoms with E-state index in [1.165, 1.54) is 44.5 Å². The minimum absolute atomic E-state index is 0.686. The van der Waals surface area contributed by atoms with Crippen molar-refractivity contribution in [1.29, 1.82) is 0 Å². The highest BCUT2D eigenvalue weighted by Crippen LogP contribution is 2.31. The molecule has 2 aliphatic rings. The molecule has 0 saturated carbocycles. The number of methoxy groups -OCH3 is 1. The van der Waals surface area contributed by atoms with Crippen molar-refractivity contribution in [3.05, 3.63) is 23.2 Å². The third-order valence-corrected chi connectivity index (χ3v) is 4.87. The summed E-state index contributed by atoms with van der Waals surface area (Å²) < 4.78 is 5.35. The summed E-state index contributed by atoms with van der Waals surface area (Å²) in [5.41, 5.74) is 1.23. The van der Waals surface area contributed by atoms with E-state index < -0.39 is 0 Å². The zero-order chi connectivity index (χ0) is 13.9. The van der Waals surface area contributed by atoms with Crippen LogP contribution in [0.3, 0.4) is 0 Å². The summed E-state index contributed by atoms with van der Waals surface area (Å²) in [6.07, 6.45) is 5.31. The largest absolute Gasteiger partial charge is 0.495 e. The number of piperidine rings is 1. The molecule has 2 fully saturated rings. The van der Waals surface area contributed by atoms with Gasteiger partial charge >= 0.3 is 0 Å². The Morgan fingerprint density at radius 2 is 2.00 bits per heavy atom. The SMILES string of the molecule is COc1cc(N2CCCN3CCCCC3C2)ccc1Cl. The molecule has 3 nitrogen and oxygen atoms in total. The van der Waals surface area contributed by atoms with Gasteiger partial charge in [0.15, 0.2) is 0 Å². The molecular weight excluding hydrogens is 272 g/mol. The first kappa shape index (κ1) is 14.0. The van der Waals surface area contributed by atoms with E-state index in [1.807, 2.05) is 6.07 Å². The number of ether oxygens (including phenoxy) is 1. The second-order valence-electron chi connectivity index (χ2n) is 5.80. The predicted molar refractivity (Wildman–Crippen MR) is 84.0 cm³/mol. The molecule has 3 rings (SSSR count). The quantitative estimate of drug-likeness (QED) is 0.831. The van der Waals surface area contributed by atoms with E-state index in [4.69, 9.17) is 16.3 Å². The Balaban J connectivity index is 1.79. The second-order valence-corrected chi connectivity index (χ2v) is 6.21. The smallest absolute Gasteiger partial charge is 0.139 e. The van der Waals surface area contributed by atoms with E-state index in [0.717, 1.165) is 18.8 Å². The molecule has 1 aromatic carbocycles. The summed E-state index contributed by atoms with van der Waals surface area (Å²) >= 11 is 6.13. The van der Waals surface area contributed by atoms with Gasteiger partial charge in [0.1, 0.15) is 5.75 Å². The first-order valence-electron chi connectivity index (χ1n) is 7.60. The lowest BCUT2D eigenvalue weighted by atomic mass is 10.0. The molecule has 1 atom stereocenters. The maximum absolute atomic E-state index is 6.13. The van der Waals surface area contributed by atoms with Crippen molar-refractivity contribution in [1.82, 2.24) is 4.90 Å². The van der Waals surface area contributed by atoms with Gasteiger partial charge in [0.2, 0.25) is 0 Å². The molecule has 0 aromatic heterocycles. The molecule has 4 heteroatoms. The zero-order valence-corrected chi connectivity index (χ0v) is 12.9. The Bertz CT molecular complexity index is 466. The Labute approximate surface area is 126 Å². The van der Waals surface area contributed by atoms with Gasteiger partial charge in [-0.1, -0.05) is 18.0 Å². The van der Waals surface area contributed by atoms with Crippen molar-refractivity contribution in [3.8, 4) is 5.75 Å². The molecule has 1 unspecified atom stereocenters. The fraction of sp³-hybridized carbons (Fsp3) is 0.625. The summed E-state index contributed by atoms with van der Waals surface area (Å²) in [7, 11) is 1.68. The molecule has 1 aromatic rings. The van der Waals surface area contributed by atoms with Gasteiger partial charge < -0.3 is 9.64 Å². The molecule has 2 aliphatic heterocycles. The van der Waals surface area contributed by atoms with Crippen molar-refractivity contribution in [2.24, 2.45) is 0 Å². The minimum Gasteiger partial charge on any atom is -0.495 e. The van der Waals surface area contributed by atoms with Crippen LogP contribution in [-0.4, -0.2) is 44.2 Å². The lowest BCUT2D eigenvalue weighted by Crippen LogP contribution is -2.44. The molecule has 0 spiro atoms. The lowest BCUT2D eigenvalue weighted by molar-refractivity contribution is 0.162. The number of nitrogens with zero attached hydrogens (tertiary/aromatic N) is 2. The number of benzene rings is 1. The van der Waals surface area contributed by atoms with Crippen LogP contribution in [0.5, 0.6) is 5.75 Å². The first-order chi connectivity index (χ1) is 9.78. The molecule has 0 aliphatic carbocycles. The Morgan fingerprint density at radius 1 is 1.15 bits per heavy atom. The molecule has 0 bridgehead atoms. The van der Waals surface area contributed by atoms with E-state index in [-0.39, 0.29) is 0 Å². The molecule has 0 radical (unpaired) electrons. The van der Waals surface area contributed by atoms with Crippen LogP contribution in [0.1, 0.15) is 25.7 Å². The van der Waals surface area contributed by atoms with Gasteiger partial charge in [0.05, 0.1) is 12.1 Å². The lowest BCUT2D eigenvalue weighted by Gasteiger charge is -2.36. The third kappa shape index (κ3) is 2.89. The number of halogens is 1. The molecule has 0 amide bonds. The fourth-order valence-electron chi connectivity index (χ4n) is 3.45. The molecule has 20 heavy (non-hydrogen) atoms. The van der Waals surface area contributed by atoms with Crippen LogP contribution in [0.2, 0.25) is 5.02 Å². The van der Waals surface area contributed by atoms with Crippen LogP contribution in [-0.2, 0) is 0 Å². The number of fused-ring (bicyclic) bond motifs is 1. The highest BCUT2D eigenvalue weighted by molar-refractivity contribution is 6.32. The monoisotopic (exact) mass is 294 g/mol. The van der Waals surface area contributed by atoms with Crippen molar-refractivity contribution < 1.29 is 4.74 Å². The summed E-state index contributed by atoms with van der Waals surface area (Å²) in [5.74, 6) is 0.772. The molecular formula is C16H23ClN2O. The molecule has 0 N–H and O–H groups in total. The van der Waals surface area contributed by atoms with Crippen LogP contribution < -0.4 is 9.64 Å². The van der Waals surface area contributed by atoms with Crippen LogP contribution in [0.4, 0.5) is 5.69 Å². The maximum Gasteiger partial charge on any atom is 0.139 e. The molecule has 110 valence electrons. The van der Waals surface area contributed by atoms with Gasteiger partial charge in [-0.3, -0.25) is 4.90 Å². The minimum atomic E-state index is 0.686. The van der Waals surface area contributed by atoms with Crippen LogP contribution in [0, 0.1) is 0 Å². The Kier molecular flexibility index (Phi) is 4.37. The predicted octanol–water partition coefficient (Wildman–Crippen LogP) is 3.41. The third-order valence-electron chi connectivity index (χ3n) is 4.55. The Hall–Kier alpha value is -0.930. The highest BCUT2D eigenvalue weighted by atomic mass is 35.5. The van der Waals surface area contributed by atoms with Crippen molar-refractivity contribution in [2.75, 3.05) is 38.2 Å². The van der Waals surface area contributed by atoms with Gasteiger partial charge in [0, 0.05) is 37.4 Å². The van der Waals surface area contributed by atoms with E-state index >= 15 is 0 Å². The normalized spacial score (nSPS) is 24.1. The van der Waals surface area contributed by atoms with Crippen LogP contribution >= 0.6 is 11.6 Å². The summed E-state index contributed by atoms with van der Waals surface area (Å²) in [5, 5.41) is 0.686. The number of rotatable bonds is 2. The zero-order valence-electron chi connectivity index (χ0n) is 12.1. The topological polar surface area (TPSA) is 15.7 Å². The van der Waals surface area contributed by atoms with Gasteiger partial charge in [-0.25, -0.2) is 0 Å². The van der Waals surface area contributed by atoms with E-state index in [2.05, 4.69) is 21.9 Å². The van der Waals surface area contributed by atoms with E-state index in [1.54, 1.807) is 7.11 Å². The standard InChI is InChI=1S/C16H23ClN2O/c1-20-16-11-13(6-7-15(16)17)19-10-4-9-18-8-3-2-5-14(18)12-19/h6-7,11,14H,2-5,8-10,12H2,1H3. The first-order valence-corrected chi connectivity index (χ1v) is 7.98. The number of hydrogen-bond donors (Lipinski definition) is 0. The number of hydrogen-bond acceptors (Lipinski definition) is 3. The average Bonchev–Trinajstić information content (AvgIpc) is 2.70. The van der Waals surface area contributed by atoms with Crippen molar-refractivity contribution >= 4 is 17.3 Å². The maximum atomic E-state index is 6.13. The fourth-order valence-corrected chi connectivity index (χ4v) is 3.65. The van der Waals surface area contributed by atoms with Gasteiger partial charge in [0.25, 0.3) is 0 Å². The van der Waals surface area contributed by atoms with Crippen LogP contribution in [0.25, 0.3) is 0 Å². The van der Waals surface area contributed by atoms with Crippen molar-refractivity contribution in [2.45, 2.75) is 31.7 Å². The van der Waals surface area contributed by atoms with E-state index in [9.17, 15) is 0 Å². The summed E-state index contributed by atoms with van der Waals surface area (Å²) in [4.78, 5) is 5.17. The van der Waals surface area contributed by atoms with Crippen molar-refractivity contribution in [3.63, 3.8) is 0 Å². The van der Waals surface area contributed by atoms with Gasteiger partial charge in [-0.2, -0.15) is 0 Å². The highest BCUT2D eigenvalue weighted by Gasteiger charge is 2.27. The van der Waals surface area contributed by atoms with E-state index in [0.29, 0.717) is 11.1 Å². The number of anilines is 1. The van der Waals surface area contributed by atoms with Gasteiger partial charge in [-0.05, 0) is 37.9 Å². The average molecular weight is 295 g/mol. The van der Waals surface area contributed by atoms with Crippen LogP contribution in [0.15, 0.2) is 18.2 Å².